The zero-order valence-electron chi connectivity index (χ0n) is 10.9. The normalized spacial score (nSPS) is 12.2. The predicted octanol–water partition coefficient (Wildman–Crippen LogP) is 3.69. The number of hydrogen-bond acceptors (Lipinski definition) is 4. The van der Waals surface area contributed by atoms with Crippen LogP contribution in [0, 0.1) is 0 Å². The van der Waals surface area contributed by atoms with Gasteiger partial charge in [-0.2, -0.15) is 0 Å². The van der Waals surface area contributed by atoms with Crippen molar-refractivity contribution in [3.8, 4) is 0 Å². The van der Waals surface area contributed by atoms with Crippen LogP contribution in [-0.2, 0) is 4.74 Å². The molecule has 2 aromatic rings. The molecule has 0 atom stereocenters. The van der Waals surface area contributed by atoms with Crippen LogP contribution in [0.15, 0.2) is 46.2 Å². The number of rotatable bonds is 1. The van der Waals surface area contributed by atoms with Gasteiger partial charge in [0.25, 0.3) is 0 Å². The molecule has 0 aliphatic carbocycles. The number of hydrogen-bond donors (Lipinski definition) is 1. The minimum atomic E-state index is -0.325. The first-order valence-electron chi connectivity index (χ1n) is 6.15. The summed E-state index contributed by atoms with van der Waals surface area (Å²) in [5.74, 6) is -0.325. The van der Waals surface area contributed by atoms with Crippen LogP contribution in [0.25, 0.3) is 12.2 Å². The van der Waals surface area contributed by atoms with Gasteiger partial charge in [-0.1, -0.05) is 36.0 Å². The fourth-order valence-electron chi connectivity index (χ4n) is 2.08. The molecular weight excluding hydrogens is 270 g/mol. The van der Waals surface area contributed by atoms with E-state index in [1.54, 1.807) is 17.8 Å². The standard InChI is InChI=1S/C16H13NO2S/c1-19-16(18)12-5-4-10-2-3-11-6-7-13(17)9-15(11)20-14(10)8-12/h2-9H,17H2,1H3. The highest BCUT2D eigenvalue weighted by atomic mass is 32.2. The molecule has 1 aliphatic rings. The predicted molar refractivity (Wildman–Crippen MR) is 81.7 cm³/mol. The molecule has 2 N–H and O–H groups in total. The van der Waals surface area contributed by atoms with Gasteiger partial charge in [-0.25, -0.2) is 4.79 Å². The molecule has 1 aliphatic heterocycles. The summed E-state index contributed by atoms with van der Waals surface area (Å²) in [4.78, 5) is 13.7. The second-order valence-electron chi connectivity index (χ2n) is 4.48. The molecule has 0 fully saturated rings. The minimum Gasteiger partial charge on any atom is -0.465 e. The Balaban J connectivity index is 2.08. The van der Waals surface area contributed by atoms with Crippen molar-refractivity contribution in [1.29, 1.82) is 0 Å². The Morgan fingerprint density at radius 2 is 1.70 bits per heavy atom. The molecule has 0 amide bonds. The number of carbonyl (C=O) groups excluding carboxylic acids is 1. The van der Waals surface area contributed by atoms with Crippen molar-refractivity contribution in [1.82, 2.24) is 0 Å². The van der Waals surface area contributed by atoms with Crippen molar-refractivity contribution in [3.63, 3.8) is 0 Å². The average Bonchev–Trinajstić information content (AvgIpc) is 2.64. The molecule has 0 saturated heterocycles. The molecule has 100 valence electrons. The highest BCUT2D eigenvalue weighted by Gasteiger charge is 2.13. The van der Waals surface area contributed by atoms with Crippen LogP contribution in [0.2, 0.25) is 0 Å². The van der Waals surface area contributed by atoms with E-state index in [4.69, 9.17) is 10.5 Å². The molecule has 3 nitrogen and oxygen atoms in total. The summed E-state index contributed by atoms with van der Waals surface area (Å²) in [7, 11) is 1.39. The number of ether oxygens (including phenoxy) is 1. The van der Waals surface area contributed by atoms with Crippen LogP contribution in [0.5, 0.6) is 0 Å². The van der Waals surface area contributed by atoms with E-state index >= 15 is 0 Å². The number of carbonyl (C=O) groups is 1. The summed E-state index contributed by atoms with van der Waals surface area (Å²) < 4.78 is 4.76. The van der Waals surface area contributed by atoms with Crippen molar-refractivity contribution in [2.75, 3.05) is 12.8 Å². The maximum atomic E-state index is 11.6. The molecule has 0 unspecified atom stereocenters. The van der Waals surface area contributed by atoms with Gasteiger partial charge in [0.05, 0.1) is 12.7 Å². The summed E-state index contributed by atoms with van der Waals surface area (Å²) in [5, 5.41) is 0. The molecule has 0 spiro atoms. The maximum Gasteiger partial charge on any atom is 0.337 e. The molecule has 0 saturated carbocycles. The van der Waals surface area contributed by atoms with E-state index in [9.17, 15) is 4.79 Å². The first kappa shape index (κ1) is 12.8. The van der Waals surface area contributed by atoms with Gasteiger partial charge < -0.3 is 10.5 Å². The van der Waals surface area contributed by atoms with Crippen LogP contribution in [0.3, 0.4) is 0 Å². The van der Waals surface area contributed by atoms with Crippen molar-refractivity contribution < 1.29 is 9.53 Å². The number of esters is 1. The fraction of sp³-hybridized carbons (Fsp3) is 0.0625. The summed E-state index contributed by atoms with van der Waals surface area (Å²) in [6.45, 7) is 0. The molecule has 0 aromatic heterocycles. The van der Waals surface area contributed by atoms with Crippen molar-refractivity contribution in [2.24, 2.45) is 0 Å². The maximum absolute atomic E-state index is 11.6. The number of nitrogen functional groups attached to an aromatic ring is 1. The van der Waals surface area contributed by atoms with E-state index in [0.29, 0.717) is 5.56 Å². The monoisotopic (exact) mass is 283 g/mol. The van der Waals surface area contributed by atoms with Gasteiger partial charge in [-0.15, -0.1) is 0 Å². The third-order valence-corrected chi connectivity index (χ3v) is 4.28. The molecule has 3 rings (SSSR count). The first-order chi connectivity index (χ1) is 9.67. The number of benzene rings is 2. The molecular formula is C16H13NO2S. The van der Waals surface area contributed by atoms with E-state index in [-0.39, 0.29) is 5.97 Å². The number of methoxy groups -OCH3 is 1. The quantitative estimate of drug-likeness (QED) is 0.546. The lowest BCUT2D eigenvalue weighted by Crippen LogP contribution is -2.01. The summed E-state index contributed by atoms with van der Waals surface area (Å²) in [6.07, 6.45) is 4.11. The number of nitrogens with two attached hydrogens (primary N) is 1. The smallest absolute Gasteiger partial charge is 0.337 e. The Morgan fingerprint density at radius 1 is 1.05 bits per heavy atom. The van der Waals surface area contributed by atoms with E-state index in [1.165, 1.54) is 7.11 Å². The molecule has 1 heterocycles. The SMILES string of the molecule is COC(=O)c1ccc2c(c1)Sc1cc(N)ccc1C=C2. The molecule has 4 heteroatoms. The van der Waals surface area contributed by atoms with Gasteiger partial charge >= 0.3 is 5.97 Å². The average molecular weight is 283 g/mol. The fourth-order valence-corrected chi connectivity index (χ4v) is 3.21. The van der Waals surface area contributed by atoms with Crippen molar-refractivity contribution >= 4 is 35.6 Å². The van der Waals surface area contributed by atoms with Crippen molar-refractivity contribution in [3.05, 3.63) is 53.1 Å². The van der Waals surface area contributed by atoms with Crippen LogP contribution < -0.4 is 5.73 Å². The van der Waals surface area contributed by atoms with Gasteiger partial charge in [0, 0.05) is 15.5 Å². The second-order valence-corrected chi connectivity index (χ2v) is 5.56. The highest BCUT2D eigenvalue weighted by molar-refractivity contribution is 7.99. The van der Waals surface area contributed by atoms with Crippen LogP contribution >= 0.6 is 11.8 Å². The summed E-state index contributed by atoms with van der Waals surface area (Å²) >= 11 is 1.61. The third-order valence-electron chi connectivity index (χ3n) is 3.13. The molecule has 20 heavy (non-hydrogen) atoms. The van der Waals surface area contributed by atoms with Gasteiger partial charge in [0.15, 0.2) is 0 Å². The molecule has 2 aromatic carbocycles. The number of fused-ring (bicyclic) bond motifs is 2. The van der Waals surface area contributed by atoms with Crippen LogP contribution in [-0.4, -0.2) is 13.1 Å². The third kappa shape index (κ3) is 2.30. The van der Waals surface area contributed by atoms with Gasteiger partial charge in [0.2, 0.25) is 0 Å². The van der Waals surface area contributed by atoms with Gasteiger partial charge in [-0.3, -0.25) is 0 Å². The topological polar surface area (TPSA) is 52.3 Å². The van der Waals surface area contributed by atoms with Gasteiger partial charge in [-0.05, 0) is 35.4 Å². The number of anilines is 1. The van der Waals surface area contributed by atoms with E-state index in [2.05, 4.69) is 6.08 Å². The Labute approximate surface area is 121 Å². The lowest BCUT2D eigenvalue weighted by Gasteiger charge is -2.08. The van der Waals surface area contributed by atoms with E-state index < -0.39 is 0 Å². The minimum absolute atomic E-state index is 0.325. The zero-order chi connectivity index (χ0) is 14.1. The van der Waals surface area contributed by atoms with Crippen molar-refractivity contribution in [2.45, 2.75) is 9.79 Å². The second kappa shape index (κ2) is 5.06. The molecule has 0 radical (unpaired) electrons. The Kier molecular flexibility index (Phi) is 3.24. The lowest BCUT2D eigenvalue weighted by molar-refractivity contribution is 0.0600. The summed E-state index contributed by atoms with van der Waals surface area (Å²) in [5.41, 5.74) is 9.34. The Morgan fingerprint density at radius 3 is 2.40 bits per heavy atom. The largest absolute Gasteiger partial charge is 0.465 e. The van der Waals surface area contributed by atoms with E-state index in [0.717, 1.165) is 26.6 Å². The summed E-state index contributed by atoms with van der Waals surface area (Å²) in [6, 6.07) is 11.4. The Bertz CT molecular complexity index is 722. The molecule has 0 bridgehead atoms. The first-order valence-corrected chi connectivity index (χ1v) is 6.97. The zero-order valence-corrected chi connectivity index (χ0v) is 11.7. The van der Waals surface area contributed by atoms with Gasteiger partial charge in [0.1, 0.15) is 0 Å². The van der Waals surface area contributed by atoms with Crippen LogP contribution in [0.4, 0.5) is 5.69 Å². The lowest BCUT2D eigenvalue weighted by atomic mass is 10.1. The van der Waals surface area contributed by atoms with E-state index in [1.807, 2.05) is 36.4 Å². The highest BCUT2D eigenvalue weighted by Crippen LogP contribution is 2.38. The Hall–Kier alpha value is -2.20. The van der Waals surface area contributed by atoms with Crippen LogP contribution in [0.1, 0.15) is 21.5 Å².